The molecule has 2 heterocycles. The maximum atomic E-state index is 9.35. The summed E-state index contributed by atoms with van der Waals surface area (Å²) in [5, 5.41) is 12.0. The molecule has 6 heteroatoms. The van der Waals surface area contributed by atoms with Crippen LogP contribution in [0.2, 0.25) is 0 Å². The minimum Gasteiger partial charge on any atom is -0.450 e. The molecule has 0 radical (unpaired) electrons. The lowest BCUT2D eigenvalue weighted by Crippen LogP contribution is -1.82. The number of allylic oxidation sites excluding steroid dienone is 1. The highest BCUT2D eigenvalue weighted by Gasteiger charge is 2.10. The van der Waals surface area contributed by atoms with Gasteiger partial charge in [-0.05, 0) is 40.2 Å². The molecule has 3 nitrogen and oxygen atoms in total. The number of furan rings is 1. The molecule has 0 saturated carbocycles. The van der Waals surface area contributed by atoms with Gasteiger partial charge in [-0.25, -0.2) is 4.98 Å². The van der Waals surface area contributed by atoms with Crippen LogP contribution < -0.4 is 0 Å². The third kappa shape index (κ3) is 3.38. The Bertz CT molecular complexity index is 872. The summed E-state index contributed by atoms with van der Waals surface area (Å²) < 4.78 is 7.05. The number of nitriles is 1. The van der Waals surface area contributed by atoms with Crippen molar-refractivity contribution in [2.75, 3.05) is 0 Å². The number of hydrogen-bond donors (Lipinski definition) is 0. The number of nitrogens with zero attached hydrogens (tertiary/aromatic N) is 2. The van der Waals surface area contributed by atoms with Crippen LogP contribution in [0.4, 0.5) is 0 Å². The molecule has 0 aliphatic carbocycles. The number of benzene rings is 1. The fourth-order valence-corrected chi connectivity index (χ4v) is 3.22. The molecule has 0 atom stereocenters. The van der Waals surface area contributed by atoms with E-state index in [0.29, 0.717) is 21.0 Å². The lowest BCUT2D eigenvalue weighted by molar-refractivity contribution is 0.532. The van der Waals surface area contributed by atoms with Crippen molar-refractivity contribution in [2.24, 2.45) is 0 Å². The Hall–Kier alpha value is -1.68. The van der Waals surface area contributed by atoms with Crippen molar-refractivity contribution in [1.29, 1.82) is 5.26 Å². The second kappa shape index (κ2) is 6.61. The molecule has 0 bridgehead atoms. The van der Waals surface area contributed by atoms with Crippen LogP contribution in [0.5, 0.6) is 0 Å². The maximum Gasteiger partial charge on any atom is 0.169 e. The molecule has 0 saturated heterocycles. The molecule has 0 unspecified atom stereocenters. The largest absolute Gasteiger partial charge is 0.450 e. The lowest BCUT2D eigenvalue weighted by Gasteiger charge is -1.96. The van der Waals surface area contributed by atoms with E-state index in [4.69, 9.17) is 4.42 Å². The molecular weight excluding hydrogens is 428 g/mol. The quantitative estimate of drug-likeness (QED) is 0.474. The summed E-state index contributed by atoms with van der Waals surface area (Å²) >= 11 is 8.10. The first-order chi connectivity index (χ1) is 10.7. The van der Waals surface area contributed by atoms with Crippen molar-refractivity contribution >= 4 is 54.8 Å². The van der Waals surface area contributed by atoms with Crippen LogP contribution in [-0.2, 0) is 0 Å². The van der Waals surface area contributed by atoms with Crippen LogP contribution in [0.15, 0.2) is 55.3 Å². The Morgan fingerprint density at radius 2 is 1.95 bits per heavy atom. The molecule has 0 amide bonds. The average Bonchev–Trinajstić information content (AvgIpc) is 3.15. The standard InChI is InChI=1S/C16H8Br2N2OS/c17-12-3-1-10(2-4-12)14-9-22-16(20-14)11(8-19)7-13-5-6-15(18)21-13/h1-7,9H. The summed E-state index contributed by atoms with van der Waals surface area (Å²) in [6.45, 7) is 0. The van der Waals surface area contributed by atoms with Gasteiger partial charge in [0.2, 0.25) is 0 Å². The summed E-state index contributed by atoms with van der Waals surface area (Å²) in [6, 6.07) is 13.7. The van der Waals surface area contributed by atoms with E-state index in [1.807, 2.05) is 29.6 Å². The zero-order chi connectivity index (χ0) is 15.5. The summed E-state index contributed by atoms with van der Waals surface area (Å²) in [5.74, 6) is 0.615. The molecule has 22 heavy (non-hydrogen) atoms. The van der Waals surface area contributed by atoms with E-state index in [9.17, 15) is 5.26 Å². The topological polar surface area (TPSA) is 49.8 Å². The number of halogens is 2. The zero-order valence-corrected chi connectivity index (χ0v) is 15.1. The number of hydrogen-bond acceptors (Lipinski definition) is 4. The highest BCUT2D eigenvalue weighted by atomic mass is 79.9. The summed E-state index contributed by atoms with van der Waals surface area (Å²) in [5.41, 5.74) is 2.35. The maximum absolute atomic E-state index is 9.35. The minimum atomic E-state index is 0.482. The van der Waals surface area contributed by atoms with E-state index in [1.165, 1.54) is 11.3 Å². The highest BCUT2D eigenvalue weighted by molar-refractivity contribution is 9.10. The van der Waals surface area contributed by atoms with E-state index < -0.39 is 0 Å². The smallest absolute Gasteiger partial charge is 0.169 e. The fourth-order valence-electron chi connectivity index (χ4n) is 1.84. The van der Waals surface area contributed by atoms with Gasteiger partial charge in [0.05, 0.1) is 11.3 Å². The third-order valence-corrected chi connectivity index (χ3v) is 4.71. The van der Waals surface area contributed by atoms with Crippen molar-refractivity contribution < 1.29 is 4.42 Å². The SMILES string of the molecule is N#CC(=Cc1ccc(Br)o1)c1nc(-c2ccc(Br)cc2)cs1. The first kappa shape index (κ1) is 15.2. The van der Waals surface area contributed by atoms with Gasteiger partial charge in [-0.3, -0.25) is 0 Å². The summed E-state index contributed by atoms with van der Waals surface area (Å²) in [4.78, 5) is 4.54. The van der Waals surface area contributed by atoms with Gasteiger partial charge >= 0.3 is 0 Å². The van der Waals surface area contributed by atoms with E-state index in [0.717, 1.165) is 15.7 Å². The van der Waals surface area contributed by atoms with E-state index >= 15 is 0 Å². The number of thiazole rings is 1. The normalized spacial score (nSPS) is 11.4. The van der Waals surface area contributed by atoms with E-state index in [-0.39, 0.29) is 0 Å². The van der Waals surface area contributed by atoms with Gasteiger partial charge in [0.1, 0.15) is 16.8 Å². The van der Waals surface area contributed by atoms with Gasteiger partial charge in [0.25, 0.3) is 0 Å². The fraction of sp³-hybridized carbons (Fsp3) is 0. The molecule has 0 aliphatic rings. The Kier molecular flexibility index (Phi) is 4.57. The second-order valence-electron chi connectivity index (χ2n) is 4.36. The van der Waals surface area contributed by atoms with Crippen LogP contribution in [0.3, 0.4) is 0 Å². The average molecular weight is 436 g/mol. The van der Waals surface area contributed by atoms with Gasteiger partial charge in [0.15, 0.2) is 4.67 Å². The predicted molar refractivity (Wildman–Crippen MR) is 95.1 cm³/mol. The highest BCUT2D eigenvalue weighted by Crippen LogP contribution is 2.28. The van der Waals surface area contributed by atoms with Crippen LogP contribution in [0, 0.1) is 11.3 Å². The van der Waals surface area contributed by atoms with Gasteiger partial charge < -0.3 is 4.42 Å². The number of aromatic nitrogens is 1. The Morgan fingerprint density at radius 3 is 2.59 bits per heavy atom. The van der Waals surface area contributed by atoms with Crippen molar-refractivity contribution in [3.63, 3.8) is 0 Å². The molecule has 1 aromatic carbocycles. The van der Waals surface area contributed by atoms with Gasteiger partial charge in [-0.15, -0.1) is 11.3 Å². The lowest BCUT2D eigenvalue weighted by atomic mass is 10.2. The van der Waals surface area contributed by atoms with Crippen molar-refractivity contribution in [3.05, 3.63) is 61.7 Å². The Labute approximate surface area is 148 Å². The van der Waals surface area contributed by atoms with Gasteiger partial charge in [-0.1, -0.05) is 28.1 Å². The Morgan fingerprint density at radius 1 is 1.18 bits per heavy atom. The van der Waals surface area contributed by atoms with E-state index in [2.05, 4.69) is 42.9 Å². The summed E-state index contributed by atoms with van der Waals surface area (Å²) in [7, 11) is 0. The molecule has 3 rings (SSSR count). The Balaban J connectivity index is 1.93. The number of rotatable bonds is 3. The van der Waals surface area contributed by atoms with Gasteiger partial charge in [-0.2, -0.15) is 5.26 Å². The summed E-state index contributed by atoms with van der Waals surface area (Å²) in [6.07, 6.45) is 1.69. The zero-order valence-electron chi connectivity index (χ0n) is 11.1. The monoisotopic (exact) mass is 434 g/mol. The first-order valence-electron chi connectivity index (χ1n) is 6.24. The van der Waals surface area contributed by atoms with Crippen molar-refractivity contribution in [1.82, 2.24) is 4.98 Å². The minimum absolute atomic E-state index is 0.482. The third-order valence-electron chi connectivity index (χ3n) is 2.88. The molecule has 3 aromatic rings. The van der Waals surface area contributed by atoms with Crippen LogP contribution >= 0.6 is 43.2 Å². The predicted octanol–water partition coefficient (Wildman–Crippen LogP) is 5.99. The molecule has 0 aliphatic heterocycles. The second-order valence-corrected chi connectivity index (χ2v) is 6.91. The van der Waals surface area contributed by atoms with E-state index in [1.54, 1.807) is 18.2 Å². The van der Waals surface area contributed by atoms with Crippen LogP contribution in [-0.4, -0.2) is 4.98 Å². The van der Waals surface area contributed by atoms with Crippen LogP contribution in [0.25, 0.3) is 22.9 Å². The van der Waals surface area contributed by atoms with Gasteiger partial charge in [0, 0.05) is 21.5 Å². The molecule has 0 spiro atoms. The van der Waals surface area contributed by atoms with Crippen molar-refractivity contribution in [3.8, 4) is 17.3 Å². The molecule has 0 N–H and O–H groups in total. The molecular formula is C16H8Br2N2OS. The van der Waals surface area contributed by atoms with Crippen LogP contribution in [0.1, 0.15) is 10.8 Å². The molecule has 0 fully saturated rings. The molecule has 108 valence electrons. The van der Waals surface area contributed by atoms with Crippen molar-refractivity contribution in [2.45, 2.75) is 0 Å². The molecule has 2 aromatic heterocycles. The first-order valence-corrected chi connectivity index (χ1v) is 8.71.